The highest BCUT2D eigenvalue weighted by Crippen LogP contribution is 2.33. The van der Waals surface area contributed by atoms with E-state index in [4.69, 9.17) is 9.16 Å². The van der Waals surface area contributed by atoms with Crippen molar-refractivity contribution >= 4 is 25.6 Å². The number of hydrogen-bond donors (Lipinski definition) is 1. The number of amides is 1. The quantitative estimate of drug-likeness (QED) is 0.437. The number of nitrogens with one attached hydrogen (secondary N) is 1. The number of fused-ring (bicyclic) bond motifs is 1. The van der Waals surface area contributed by atoms with Crippen LogP contribution in [0.4, 0.5) is 11.4 Å². The highest BCUT2D eigenvalue weighted by atomic mass is 28.4. The molecule has 0 unspecified atom stereocenters. The lowest BCUT2D eigenvalue weighted by Gasteiger charge is -2.27. The summed E-state index contributed by atoms with van der Waals surface area (Å²) in [6.07, 6.45) is 2.14. The van der Waals surface area contributed by atoms with E-state index in [-0.39, 0.29) is 11.6 Å². The summed E-state index contributed by atoms with van der Waals surface area (Å²) >= 11 is 0. The predicted molar refractivity (Wildman–Crippen MR) is 93.9 cm³/mol. The van der Waals surface area contributed by atoms with Crippen LogP contribution in [0.25, 0.3) is 0 Å². The maximum absolute atomic E-state index is 12.1. The van der Waals surface area contributed by atoms with E-state index in [1.807, 2.05) is 0 Å². The third-order valence-electron chi connectivity index (χ3n) is 4.00. The van der Waals surface area contributed by atoms with Crippen molar-refractivity contribution in [1.82, 2.24) is 0 Å². The second-order valence-electron chi connectivity index (χ2n) is 6.53. The fourth-order valence-electron chi connectivity index (χ4n) is 2.56. The van der Waals surface area contributed by atoms with E-state index in [9.17, 15) is 14.9 Å². The van der Waals surface area contributed by atoms with E-state index < -0.39 is 19.3 Å². The second-order valence-corrected chi connectivity index (χ2v) is 10.8. The molecule has 24 heavy (non-hydrogen) atoms. The van der Waals surface area contributed by atoms with Gasteiger partial charge in [-0.15, -0.1) is 0 Å². The van der Waals surface area contributed by atoms with E-state index in [0.29, 0.717) is 24.5 Å². The molecular weight excluding hydrogens is 328 g/mol. The van der Waals surface area contributed by atoms with Gasteiger partial charge in [0, 0.05) is 25.2 Å². The molecule has 1 aromatic rings. The minimum Gasteiger partial charge on any atom is -0.478 e. The van der Waals surface area contributed by atoms with Gasteiger partial charge in [-0.1, -0.05) is 19.8 Å². The maximum atomic E-state index is 12.1. The van der Waals surface area contributed by atoms with Crippen LogP contribution in [0.3, 0.4) is 0 Å². The van der Waals surface area contributed by atoms with Gasteiger partial charge in [-0.3, -0.25) is 14.9 Å². The molecule has 7 nitrogen and oxygen atoms in total. The Morgan fingerprint density at radius 1 is 1.42 bits per heavy atom. The van der Waals surface area contributed by atoms with E-state index in [1.165, 1.54) is 18.2 Å². The van der Waals surface area contributed by atoms with Crippen molar-refractivity contribution in [2.75, 3.05) is 11.9 Å². The molecule has 132 valence electrons. The number of carbonyl (C=O) groups excluding carboxylic acids is 1. The molecule has 0 saturated carbocycles. The van der Waals surface area contributed by atoms with Gasteiger partial charge in [0.2, 0.25) is 0 Å². The van der Waals surface area contributed by atoms with E-state index in [0.717, 1.165) is 18.9 Å². The lowest BCUT2D eigenvalue weighted by Crippen LogP contribution is -2.39. The first-order valence-electron chi connectivity index (χ1n) is 8.22. The van der Waals surface area contributed by atoms with Crippen molar-refractivity contribution in [3.8, 4) is 5.75 Å². The summed E-state index contributed by atoms with van der Waals surface area (Å²) in [7, 11) is -1.68. The Balaban J connectivity index is 1.92. The number of carbonyl (C=O) groups is 1. The molecule has 8 heteroatoms. The number of hydrogen-bond acceptors (Lipinski definition) is 5. The van der Waals surface area contributed by atoms with Gasteiger partial charge in [0.1, 0.15) is 5.75 Å². The zero-order valence-corrected chi connectivity index (χ0v) is 15.3. The van der Waals surface area contributed by atoms with Gasteiger partial charge in [-0.25, -0.2) is 0 Å². The summed E-state index contributed by atoms with van der Waals surface area (Å²) in [5.41, 5.74) is 0.257. The molecule has 0 fully saturated rings. The molecular formula is C16H24N2O5Si. The second kappa shape index (κ2) is 7.76. The standard InChI is InChI=1S/C16H24N2O5Si/c1-4-5-10-24(2,3)22-9-8-15-16(19)17-13-11-12(18(20)21)6-7-14(13)23-15/h6-7,11,15H,4-5,8-10H2,1-3H3,(H,17,19)/t15-/m1/s1. The van der Waals surface area contributed by atoms with E-state index in [2.05, 4.69) is 25.3 Å². The van der Waals surface area contributed by atoms with Crippen LogP contribution < -0.4 is 10.1 Å². The maximum Gasteiger partial charge on any atom is 0.271 e. The molecule has 0 radical (unpaired) electrons. The Morgan fingerprint density at radius 2 is 2.17 bits per heavy atom. The van der Waals surface area contributed by atoms with Gasteiger partial charge in [-0.2, -0.15) is 0 Å². The van der Waals surface area contributed by atoms with Crippen LogP contribution in [-0.4, -0.2) is 31.9 Å². The van der Waals surface area contributed by atoms with Crippen molar-refractivity contribution in [1.29, 1.82) is 0 Å². The molecule has 1 aliphatic heterocycles. The normalized spacial score (nSPS) is 17.0. The van der Waals surface area contributed by atoms with Gasteiger partial charge in [0.25, 0.3) is 11.6 Å². The van der Waals surface area contributed by atoms with Crippen LogP contribution in [0.15, 0.2) is 18.2 Å². The highest BCUT2D eigenvalue weighted by Gasteiger charge is 2.30. The van der Waals surface area contributed by atoms with Gasteiger partial charge in [-0.05, 0) is 25.2 Å². The Hall–Kier alpha value is -1.93. The molecule has 1 aromatic carbocycles. The average molecular weight is 352 g/mol. The average Bonchev–Trinajstić information content (AvgIpc) is 2.52. The number of nitro groups is 1. The van der Waals surface area contributed by atoms with Crippen LogP contribution in [0.1, 0.15) is 26.2 Å². The number of unbranched alkanes of at least 4 members (excludes halogenated alkanes) is 1. The smallest absolute Gasteiger partial charge is 0.271 e. The Kier molecular flexibility index (Phi) is 5.95. The number of anilines is 1. The molecule has 0 spiro atoms. The van der Waals surface area contributed by atoms with Crippen molar-refractivity contribution in [3.05, 3.63) is 28.3 Å². The third kappa shape index (κ3) is 4.78. The van der Waals surface area contributed by atoms with Crippen LogP contribution >= 0.6 is 0 Å². The van der Waals surface area contributed by atoms with E-state index >= 15 is 0 Å². The van der Waals surface area contributed by atoms with E-state index in [1.54, 1.807) is 0 Å². The molecule has 1 heterocycles. The Labute approximate surface area is 142 Å². The number of nitrogens with zero attached hydrogens (tertiary/aromatic N) is 1. The minimum absolute atomic E-state index is 0.0805. The third-order valence-corrected chi connectivity index (χ3v) is 6.54. The summed E-state index contributed by atoms with van der Waals surface area (Å²) < 4.78 is 11.7. The first-order valence-corrected chi connectivity index (χ1v) is 11.3. The summed E-state index contributed by atoms with van der Waals surface area (Å²) in [6, 6.07) is 5.29. The summed E-state index contributed by atoms with van der Waals surface area (Å²) in [6.45, 7) is 6.99. The largest absolute Gasteiger partial charge is 0.478 e. The SMILES string of the molecule is CCCC[Si](C)(C)OCC[C@H]1Oc2ccc([N+](=O)[O-])cc2NC1=O. The van der Waals surface area contributed by atoms with Crippen molar-refractivity contribution < 1.29 is 18.9 Å². The Morgan fingerprint density at radius 3 is 2.83 bits per heavy atom. The Bertz CT molecular complexity index is 620. The summed E-state index contributed by atoms with van der Waals surface area (Å²) in [4.78, 5) is 22.4. The molecule has 1 amide bonds. The minimum atomic E-state index is -1.68. The van der Waals surface area contributed by atoms with Gasteiger partial charge < -0.3 is 14.5 Å². The molecule has 0 saturated heterocycles. The fraction of sp³-hybridized carbons (Fsp3) is 0.562. The van der Waals surface area contributed by atoms with Crippen LogP contribution in [0.5, 0.6) is 5.75 Å². The van der Waals surface area contributed by atoms with Gasteiger partial charge in [0.15, 0.2) is 14.4 Å². The molecule has 1 aliphatic rings. The van der Waals surface area contributed by atoms with Crippen molar-refractivity contribution in [2.45, 2.75) is 51.4 Å². The summed E-state index contributed by atoms with van der Waals surface area (Å²) in [5, 5.41) is 13.5. The first kappa shape index (κ1) is 18.4. The molecule has 0 aliphatic carbocycles. The molecule has 1 atom stereocenters. The number of nitro benzene ring substituents is 1. The number of benzene rings is 1. The lowest BCUT2D eigenvalue weighted by molar-refractivity contribution is -0.384. The van der Waals surface area contributed by atoms with Crippen LogP contribution in [0.2, 0.25) is 19.1 Å². The topological polar surface area (TPSA) is 90.7 Å². The van der Waals surface area contributed by atoms with Crippen LogP contribution in [0, 0.1) is 10.1 Å². The monoisotopic (exact) mass is 352 g/mol. The number of non-ortho nitro benzene ring substituents is 1. The van der Waals surface area contributed by atoms with Crippen LogP contribution in [-0.2, 0) is 9.22 Å². The highest BCUT2D eigenvalue weighted by molar-refractivity contribution is 6.71. The van der Waals surface area contributed by atoms with Crippen molar-refractivity contribution in [2.24, 2.45) is 0 Å². The van der Waals surface area contributed by atoms with Gasteiger partial charge in [0.05, 0.1) is 10.6 Å². The number of rotatable bonds is 8. The molecule has 1 N–H and O–H groups in total. The predicted octanol–water partition coefficient (Wildman–Crippen LogP) is 3.71. The fourth-order valence-corrected chi connectivity index (χ4v) is 4.58. The molecule has 0 aromatic heterocycles. The first-order chi connectivity index (χ1) is 11.3. The zero-order chi connectivity index (χ0) is 17.7. The van der Waals surface area contributed by atoms with Gasteiger partial charge >= 0.3 is 0 Å². The summed E-state index contributed by atoms with van der Waals surface area (Å²) in [5.74, 6) is 0.160. The molecule has 2 rings (SSSR count). The zero-order valence-electron chi connectivity index (χ0n) is 14.3. The lowest BCUT2D eigenvalue weighted by atomic mass is 10.1. The number of ether oxygens (including phenoxy) is 1. The molecule has 0 bridgehead atoms. The van der Waals surface area contributed by atoms with Crippen molar-refractivity contribution in [3.63, 3.8) is 0 Å².